The third-order valence-electron chi connectivity index (χ3n) is 7.60. The molecule has 0 heterocycles. The molecule has 1 nitrogen and oxygen atoms in total. The van der Waals surface area contributed by atoms with Crippen LogP contribution in [0.5, 0.6) is 5.75 Å². The molecule has 0 aromatic heterocycles. The zero-order valence-corrected chi connectivity index (χ0v) is 28.8. The normalized spacial score (nSPS) is 18.7. The molecule has 0 atom stereocenters. The van der Waals surface area contributed by atoms with Crippen LogP contribution in [0.2, 0.25) is 0 Å². The maximum absolute atomic E-state index is 11.1. The average Bonchev–Trinajstić information content (AvgIpc) is 2.68. The largest absolute Gasteiger partial charge is 0.507 e. The minimum absolute atomic E-state index is 0. The smallest absolute Gasteiger partial charge is 0.123 e. The fraction of sp³-hybridized carbons (Fsp3) is 0.613. The number of phenols is 1. The van der Waals surface area contributed by atoms with Crippen molar-refractivity contribution in [3.05, 3.63) is 63.2 Å². The molecule has 0 saturated heterocycles. The first kappa shape index (κ1) is 32.1. The third kappa shape index (κ3) is 7.76. The molecule has 1 fully saturated rings. The molecule has 0 amide bonds. The van der Waals surface area contributed by atoms with Gasteiger partial charge in [0.2, 0.25) is 0 Å². The standard InChI is InChI=1S/C31H44O.W.Y/c1-20-16-22(3)25(17-21(20)2)15-12-23-10-13-24(14-11-23)26-18-27(30(4,5)6)29(32)28(19-26)31(7,8)9;;/h18-19,23-24,32H,10-15H2,1-9H3;;/q-2;;. The quantitative estimate of drug-likeness (QED) is 0.317. The number of aromatic hydroxyl groups is 1. The molecule has 1 radical (unpaired) electrons. The molecule has 2 aromatic rings. The van der Waals surface area contributed by atoms with Gasteiger partial charge in [-0.15, -0.1) is 20.8 Å². The van der Waals surface area contributed by atoms with Gasteiger partial charge in [0.1, 0.15) is 5.75 Å². The predicted octanol–water partition coefficient (Wildman–Crippen LogP) is 8.41. The van der Waals surface area contributed by atoms with Gasteiger partial charge < -0.3 is 17.2 Å². The first-order chi connectivity index (χ1) is 14.8. The Morgan fingerprint density at radius 2 is 1.26 bits per heavy atom. The van der Waals surface area contributed by atoms with Crippen LogP contribution < -0.4 is 0 Å². The minimum Gasteiger partial charge on any atom is -0.507 e. The Morgan fingerprint density at radius 1 is 0.794 bits per heavy atom. The van der Waals surface area contributed by atoms with Gasteiger partial charge in [-0.25, -0.2) is 0 Å². The molecule has 0 bridgehead atoms. The van der Waals surface area contributed by atoms with E-state index in [-0.39, 0.29) is 64.6 Å². The molecule has 0 spiro atoms. The summed E-state index contributed by atoms with van der Waals surface area (Å²) in [5, 5.41) is 11.1. The average molecular weight is 705 g/mol. The van der Waals surface area contributed by atoms with Gasteiger partial charge in [-0.2, -0.15) is 0 Å². The van der Waals surface area contributed by atoms with E-state index in [0.29, 0.717) is 11.7 Å². The van der Waals surface area contributed by atoms with Crippen molar-refractivity contribution in [2.24, 2.45) is 5.92 Å². The van der Waals surface area contributed by atoms with Crippen LogP contribution in [-0.4, -0.2) is 5.11 Å². The van der Waals surface area contributed by atoms with Gasteiger partial charge in [-0.3, -0.25) is 22.3 Å². The maximum atomic E-state index is 11.1. The summed E-state index contributed by atoms with van der Waals surface area (Å²) >= 11 is 0. The van der Waals surface area contributed by atoms with Crippen molar-refractivity contribution in [3.8, 4) is 5.75 Å². The summed E-state index contributed by atoms with van der Waals surface area (Å²) in [7, 11) is 0. The Labute approximate surface area is 249 Å². The van der Waals surface area contributed by atoms with Gasteiger partial charge in [0.15, 0.2) is 0 Å². The van der Waals surface area contributed by atoms with Crippen molar-refractivity contribution >= 4 is 0 Å². The van der Waals surface area contributed by atoms with E-state index in [9.17, 15) is 5.11 Å². The van der Waals surface area contributed by atoms with E-state index >= 15 is 0 Å². The van der Waals surface area contributed by atoms with Gasteiger partial charge >= 0.3 is 0 Å². The van der Waals surface area contributed by atoms with Crippen molar-refractivity contribution in [2.45, 2.75) is 118 Å². The second-order valence-corrected chi connectivity index (χ2v) is 12.3. The molecule has 185 valence electrons. The number of benzene rings is 2. The summed E-state index contributed by atoms with van der Waals surface area (Å²) in [5.41, 5.74) is 8.61. The summed E-state index contributed by atoms with van der Waals surface area (Å²) in [5.74, 6) is 1.92. The van der Waals surface area contributed by atoms with Gasteiger partial charge in [-0.1, -0.05) is 66.5 Å². The van der Waals surface area contributed by atoms with Crippen LogP contribution in [0.3, 0.4) is 0 Å². The van der Waals surface area contributed by atoms with Crippen LogP contribution in [0.15, 0.2) is 12.1 Å². The van der Waals surface area contributed by atoms with Crippen LogP contribution in [0.25, 0.3) is 0 Å². The SMILES string of the molecule is Cc1[c-]c(C)c(CCC2CCC(c3cc(C(C)(C)C)c(O)c(C(C)(C)C)c3)CC2)[c-]c1C.[W].[Y]. The van der Waals surface area contributed by atoms with Crippen molar-refractivity contribution < 1.29 is 58.9 Å². The summed E-state index contributed by atoms with van der Waals surface area (Å²) in [6, 6.07) is 11.7. The summed E-state index contributed by atoms with van der Waals surface area (Å²) in [6.07, 6.45) is 7.50. The molecule has 3 heteroatoms. The molecule has 2 aromatic carbocycles. The summed E-state index contributed by atoms with van der Waals surface area (Å²) in [4.78, 5) is 0. The molecule has 3 rings (SSSR count). The maximum Gasteiger partial charge on any atom is 0.123 e. The monoisotopic (exact) mass is 705 g/mol. The Kier molecular flexibility index (Phi) is 11.8. The number of rotatable bonds is 4. The molecular weight excluding hydrogens is 661 g/mol. The molecule has 34 heavy (non-hydrogen) atoms. The first-order valence-corrected chi connectivity index (χ1v) is 12.6. The van der Waals surface area contributed by atoms with E-state index in [2.05, 4.69) is 86.6 Å². The fourth-order valence-corrected chi connectivity index (χ4v) is 5.28. The molecule has 1 aliphatic rings. The van der Waals surface area contributed by atoms with Gasteiger partial charge in [0.05, 0.1) is 0 Å². The Balaban J connectivity index is 0.00000289. The van der Waals surface area contributed by atoms with Gasteiger partial charge in [0.25, 0.3) is 0 Å². The number of aryl methyl sites for hydroxylation is 4. The van der Waals surface area contributed by atoms with Crippen molar-refractivity contribution in [1.82, 2.24) is 0 Å². The van der Waals surface area contributed by atoms with Crippen LogP contribution in [0.4, 0.5) is 0 Å². The Hall–Kier alpha value is 0.0322. The third-order valence-corrected chi connectivity index (χ3v) is 7.60. The van der Waals surface area contributed by atoms with E-state index in [0.717, 1.165) is 23.5 Å². The van der Waals surface area contributed by atoms with Gasteiger partial charge in [0, 0.05) is 53.8 Å². The van der Waals surface area contributed by atoms with Crippen molar-refractivity contribution in [2.75, 3.05) is 0 Å². The van der Waals surface area contributed by atoms with E-state index in [4.69, 9.17) is 0 Å². The van der Waals surface area contributed by atoms with E-state index in [1.54, 1.807) is 0 Å². The van der Waals surface area contributed by atoms with E-state index < -0.39 is 0 Å². The molecule has 1 aliphatic carbocycles. The molecule has 1 N–H and O–H groups in total. The van der Waals surface area contributed by atoms with Crippen LogP contribution in [0.1, 0.15) is 119 Å². The molecule has 1 saturated carbocycles. The topological polar surface area (TPSA) is 20.2 Å². The predicted molar refractivity (Wildman–Crippen MR) is 137 cm³/mol. The second-order valence-electron chi connectivity index (χ2n) is 12.3. The van der Waals surface area contributed by atoms with Crippen LogP contribution in [0, 0.1) is 38.8 Å². The van der Waals surface area contributed by atoms with Crippen LogP contribution >= 0.6 is 0 Å². The number of hydrogen-bond donors (Lipinski definition) is 1. The zero-order valence-electron chi connectivity index (χ0n) is 23.0. The Morgan fingerprint density at radius 3 is 1.74 bits per heavy atom. The van der Waals surface area contributed by atoms with Gasteiger partial charge in [-0.05, 0) is 65.0 Å². The van der Waals surface area contributed by atoms with Crippen molar-refractivity contribution in [1.29, 1.82) is 0 Å². The fourth-order valence-electron chi connectivity index (χ4n) is 5.28. The van der Waals surface area contributed by atoms with E-state index in [1.807, 2.05) is 0 Å². The molecular formula is C31H44OWY-2. The van der Waals surface area contributed by atoms with Crippen LogP contribution in [-0.2, 0) is 71.0 Å². The molecule has 0 unspecified atom stereocenters. The minimum atomic E-state index is -0.0607. The first-order valence-electron chi connectivity index (χ1n) is 12.6. The zero-order chi connectivity index (χ0) is 23.8. The number of phenolic OH excluding ortho intramolecular Hbond substituents is 1. The van der Waals surface area contributed by atoms with Crippen molar-refractivity contribution in [3.63, 3.8) is 0 Å². The van der Waals surface area contributed by atoms with E-state index in [1.165, 1.54) is 59.9 Å². The second kappa shape index (κ2) is 12.5. The summed E-state index contributed by atoms with van der Waals surface area (Å²) < 4.78 is 0. The molecule has 0 aliphatic heterocycles. The summed E-state index contributed by atoms with van der Waals surface area (Å²) in [6.45, 7) is 19.7. The number of hydrogen-bond acceptors (Lipinski definition) is 1. The Bertz CT molecular complexity index is 922.